The van der Waals surface area contributed by atoms with Crippen LogP contribution in [0.2, 0.25) is 0 Å². The fourth-order valence-corrected chi connectivity index (χ4v) is 4.01. The summed E-state index contributed by atoms with van der Waals surface area (Å²) in [7, 11) is 0. The molecule has 1 amide bonds. The molecule has 1 aliphatic rings. The molecule has 1 heterocycles. The van der Waals surface area contributed by atoms with Gasteiger partial charge in [0, 0.05) is 17.0 Å². The average molecular weight is 419 g/mol. The van der Waals surface area contributed by atoms with E-state index in [1.165, 1.54) is 11.8 Å². The number of aliphatic carboxylic acids is 1. The van der Waals surface area contributed by atoms with E-state index in [2.05, 4.69) is 5.32 Å². The second-order valence-corrected chi connectivity index (χ2v) is 8.14. The zero-order chi connectivity index (χ0) is 21.0. The van der Waals surface area contributed by atoms with E-state index >= 15 is 0 Å². The van der Waals surface area contributed by atoms with E-state index in [4.69, 9.17) is 9.15 Å². The van der Waals surface area contributed by atoms with Gasteiger partial charge in [0.05, 0.1) is 0 Å². The molecule has 1 aromatic heterocycles. The lowest BCUT2D eigenvalue weighted by Gasteiger charge is -2.19. The number of carbonyl (C=O) groups excluding carboxylic acids is 1. The van der Waals surface area contributed by atoms with E-state index in [-0.39, 0.29) is 5.63 Å². The topological polar surface area (TPSA) is 106 Å². The number of carboxylic acids is 1. The maximum absolute atomic E-state index is 12.4. The lowest BCUT2D eigenvalue weighted by atomic mass is 9.91. The first-order valence-electron chi connectivity index (χ1n) is 9.68. The average Bonchev–Trinajstić information content (AvgIpc) is 2.70. The zero-order valence-electron chi connectivity index (χ0n) is 16.5. The fourth-order valence-electron chi connectivity index (χ4n) is 3.54. The van der Waals surface area contributed by atoms with Crippen LogP contribution in [0.15, 0.2) is 27.4 Å². The van der Waals surface area contributed by atoms with Gasteiger partial charge in [0.1, 0.15) is 17.4 Å². The van der Waals surface area contributed by atoms with Gasteiger partial charge in [0.15, 0.2) is 6.10 Å². The van der Waals surface area contributed by atoms with Crippen LogP contribution in [-0.4, -0.2) is 41.1 Å². The molecule has 0 radical (unpaired) electrons. The van der Waals surface area contributed by atoms with Crippen molar-refractivity contribution in [1.29, 1.82) is 0 Å². The quantitative estimate of drug-likeness (QED) is 0.634. The van der Waals surface area contributed by atoms with Crippen LogP contribution in [0, 0.1) is 0 Å². The van der Waals surface area contributed by atoms with E-state index in [0.717, 1.165) is 42.2 Å². The monoisotopic (exact) mass is 419 g/mol. The molecule has 2 N–H and O–H groups in total. The largest absolute Gasteiger partial charge is 0.481 e. The van der Waals surface area contributed by atoms with Gasteiger partial charge in [-0.2, -0.15) is 11.8 Å². The third-order valence-electron chi connectivity index (χ3n) is 5.10. The molecule has 0 spiro atoms. The summed E-state index contributed by atoms with van der Waals surface area (Å²) >= 11 is 1.52. The zero-order valence-corrected chi connectivity index (χ0v) is 17.3. The summed E-state index contributed by atoms with van der Waals surface area (Å²) in [6.45, 7) is 1.55. The smallest absolute Gasteiger partial charge is 0.339 e. The normalized spacial score (nSPS) is 15.4. The Bertz CT molecular complexity index is 970. The molecule has 0 bridgehead atoms. The standard InChI is InChI=1S/C21H25NO6S/c1-12(19(23)22-17(20(24)25)9-10-29-2)27-13-7-8-15-14-5-3-4-6-16(14)21(26)28-18(15)11-13/h7-8,11-12,17H,3-6,9-10H2,1-2H3,(H,22,23)(H,24,25)/t12-,17-/m0/s1. The molecule has 0 unspecified atom stereocenters. The van der Waals surface area contributed by atoms with E-state index < -0.39 is 24.0 Å². The summed E-state index contributed by atoms with van der Waals surface area (Å²) in [6, 6.07) is 4.24. The van der Waals surface area contributed by atoms with Gasteiger partial charge in [0.2, 0.25) is 0 Å². The van der Waals surface area contributed by atoms with Gasteiger partial charge in [-0.05, 0) is 68.7 Å². The molecule has 1 aliphatic carbocycles. The van der Waals surface area contributed by atoms with Gasteiger partial charge in [0.25, 0.3) is 5.91 Å². The highest BCUT2D eigenvalue weighted by atomic mass is 32.2. The molecule has 7 nitrogen and oxygen atoms in total. The van der Waals surface area contributed by atoms with Crippen LogP contribution in [0.1, 0.15) is 37.3 Å². The van der Waals surface area contributed by atoms with Crippen LogP contribution in [0.4, 0.5) is 0 Å². The third kappa shape index (κ3) is 4.93. The van der Waals surface area contributed by atoms with Crippen LogP contribution >= 0.6 is 11.8 Å². The maximum Gasteiger partial charge on any atom is 0.339 e. The fraction of sp³-hybridized carbons (Fsp3) is 0.476. The van der Waals surface area contributed by atoms with Crippen molar-refractivity contribution in [2.45, 2.75) is 51.2 Å². The predicted molar refractivity (Wildman–Crippen MR) is 112 cm³/mol. The number of nitrogens with one attached hydrogen (secondary N) is 1. The Morgan fingerprint density at radius 2 is 2.00 bits per heavy atom. The second kappa shape index (κ2) is 9.35. The second-order valence-electron chi connectivity index (χ2n) is 7.15. The van der Waals surface area contributed by atoms with Gasteiger partial charge in [-0.15, -0.1) is 0 Å². The molecule has 156 valence electrons. The number of carboxylic acid groups (broad SMARTS) is 1. The first-order valence-corrected chi connectivity index (χ1v) is 11.1. The number of aryl methyl sites for hydroxylation is 1. The Balaban J connectivity index is 1.74. The van der Waals surface area contributed by atoms with Crippen molar-refractivity contribution in [3.63, 3.8) is 0 Å². The van der Waals surface area contributed by atoms with Crippen molar-refractivity contribution < 1.29 is 23.8 Å². The number of amides is 1. The minimum atomic E-state index is -1.07. The summed E-state index contributed by atoms with van der Waals surface area (Å²) in [4.78, 5) is 35.9. The molecule has 1 aromatic carbocycles. The van der Waals surface area contributed by atoms with E-state index in [1.54, 1.807) is 19.1 Å². The minimum Gasteiger partial charge on any atom is -0.481 e. The van der Waals surface area contributed by atoms with Crippen molar-refractivity contribution >= 4 is 34.6 Å². The van der Waals surface area contributed by atoms with Crippen molar-refractivity contribution in [2.75, 3.05) is 12.0 Å². The number of hydrogen-bond acceptors (Lipinski definition) is 6. The van der Waals surface area contributed by atoms with Crippen molar-refractivity contribution in [1.82, 2.24) is 5.32 Å². The first kappa shape index (κ1) is 21.2. The summed E-state index contributed by atoms with van der Waals surface area (Å²) < 4.78 is 11.1. The summed E-state index contributed by atoms with van der Waals surface area (Å²) in [5.74, 6) is -0.571. The molecule has 3 rings (SSSR count). The SMILES string of the molecule is CSCC[C@H](NC(=O)[C@H](C)Oc1ccc2c3c(c(=O)oc2c1)CCCC3)C(=O)O. The molecule has 0 saturated heterocycles. The van der Waals surface area contributed by atoms with Gasteiger partial charge in [-0.3, -0.25) is 4.79 Å². The van der Waals surface area contributed by atoms with Crippen molar-refractivity contribution in [3.8, 4) is 5.75 Å². The Morgan fingerprint density at radius 1 is 1.28 bits per heavy atom. The number of ether oxygens (including phenoxy) is 1. The third-order valence-corrected chi connectivity index (χ3v) is 5.75. The summed E-state index contributed by atoms with van der Waals surface area (Å²) in [5, 5.41) is 12.7. The first-order chi connectivity index (χ1) is 13.9. The Hall–Kier alpha value is -2.48. The molecular weight excluding hydrogens is 394 g/mol. The summed E-state index contributed by atoms with van der Waals surface area (Å²) in [5.41, 5.74) is 1.92. The Kier molecular flexibility index (Phi) is 6.84. The van der Waals surface area contributed by atoms with Crippen LogP contribution in [-0.2, 0) is 22.4 Å². The van der Waals surface area contributed by atoms with E-state index in [0.29, 0.717) is 23.5 Å². The Morgan fingerprint density at radius 3 is 2.69 bits per heavy atom. The highest BCUT2D eigenvalue weighted by Gasteiger charge is 2.24. The number of benzene rings is 1. The lowest BCUT2D eigenvalue weighted by Crippen LogP contribution is -2.46. The predicted octanol–water partition coefficient (Wildman–Crippen LogP) is 2.76. The molecule has 2 aromatic rings. The lowest BCUT2D eigenvalue weighted by molar-refractivity contribution is -0.142. The molecular formula is C21H25NO6S. The van der Waals surface area contributed by atoms with E-state index in [9.17, 15) is 19.5 Å². The minimum absolute atomic E-state index is 0.312. The number of fused-ring (bicyclic) bond motifs is 3. The molecule has 29 heavy (non-hydrogen) atoms. The van der Waals surface area contributed by atoms with Gasteiger partial charge < -0.3 is 19.6 Å². The number of hydrogen-bond donors (Lipinski definition) is 2. The van der Waals surface area contributed by atoms with Crippen LogP contribution < -0.4 is 15.7 Å². The van der Waals surface area contributed by atoms with Gasteiger partial charge >= 0.3 is 11.6 Å². The highest BCUT2D eigenvalue weighted by Crippen LogP contribution is 2.29. The van der Waals surface area contributed by atoms with E-state index in [1.807, 2.05) is 12.3 Å². The Labute approximate surface area is 172 Å². The van der Waals surface area contributed by atoms with Gasteiger partial charge in [-0.1, -0.05) is 0 Å². The van der Waals surface area contributed by atoms with Gasteiger partial charge in [-0.25, -0.2) is 9.59 Å². The number of thioether (sulfide) groups is 1. The molecule has 0 fully saturated rings. The van der Waals surface area contributed by atoms with Crippen LogP contribution in [0.25, 0.3) is 11.0 Å². The maximum atomic E-state index is 12.4. The molecule has 2 atom stereocenters. The molecule has 8 heteroatoms. The summed E-state index contributed by atoms with van der Waals surface area (Å²) in [6.07, 6.45) is 4.94. The number of carbonyl (C=O) groups is 2. The number of rotatable bonds is 8. The van der Waals surface area contributed by atoms with Crippen molar-refractivity contribution in [3.05, 3.63) is 39.7 Å². The highest BCUT2D eigenvalue weighted by molar-refractivity contribution is 7.98. The molecule has 0 saturated carbocycles. The van der Waals surface area contributed by atoms with Crippen LogP contribution in [0.5, 0.6) is 5.75 Å². The molecule has 0 aliphatic heterocycles. The van der Waals surface area contributed by atoms with Crippen molar-refractivity contribution in [2.24, 2.45) is 0 Å². The van der Waals surface area contributed by atoms with Crippen LogP contribution in [0.3, 0.4) is 0 Å².